The molecule has 2 aromatic carbocycles. The highest BCUT2D eigenvalue weighted by atomic mass is 79.9. The van der Waals surface area contributed by atoms with Gasteiger partial charge < -0.3 is 39.4 Å². The summed E-state index contributed by atoms with van der Waals surface area (Å²) in [6.45, 7) is 0.781. The van der Waals surface area contributed by atoms with Gasteiger partial charge in [0, 0.05) is 19.2 Å². The van der Waals surface area contributed by atoms with Crippen molar-refractivity contribution in [2.24, 2.45) is 7.05 Å². The minimum Gasteiger partial charge on any atom is -0.503 e. The van der Waals surface area contributed by atoms with E-state index in [1.165, 1.54) is 7.11 Å². The third-order valence-corrected chi connectivity index (χ3v) is 5.20. The monoisotopic (exact) mass is 521 g/mol. The number of nitrogens with one attached hydrogen (secondary N) is 1. The molecule has 11 nitrogen and oxygen atoms in total. The molecule has 0 atom stereocenters. The quantitative estimate of drug-likeness (QED) is 0.368. The van der Waals surface area contributed by atoms with Crippen molar-refractivity contribution < 1.29 is 39.1 Å². The van der Waals surface area contributed by atoms with Gasteiger partial charge >= 0.3 is 11.9 Å². The number of phenols is 1. The average Bonchev–Trinajstić information content (AvgIpc) is 3.40. The number of ether oxygens (including phenoxy) is 3. The summed E-state index contributed by atoms with van der Waals surface area (Å²) in [5.41, 5.74) is 2.90. The number of rotatable bonds is 5. The van der Waals surface area contributed by atoms with Gasteiger partial charge in [0.1, 0.15) is 0 Å². The van der Waals surface area contributed by atoms with Crippen molar-refractivity contribution in [3.63, 3.8) is 0 Å². The van der Waals surface area contributed by atoms with E-state index >= 15 is 0 Å². The molecule has 1 aliphatic heterocycles. The number of aliphatic carboxylic acids is 2. The van der Waals surface area contributed by atoms with Crippen LogP contribution in [0.4, 0.5) is 5.95 Å². The number of carbonyl (C=O) groups is 2. The zero-order chi connectivity index (χ0) is 24.1. The Kier molecular flexibility index (Phi) is 7.28. The van der Waals surface area contributed by atoms with Crippen LogP contribution in [-0.4, -0.2) is 50.7 Å². The first kappa shape index (κ1) is 23.7. The van der Waals surface area contributed by atoms with E-state index in [4.69, 9.17) is 34.0 Å². The summed E-state index contributed by atoms with van der Waals surface area (Å²) in [6, 6.07) is 9.46. The largest absolute Gasteiger partial charge is 0.503 e. The fourth-order valence-corrected chi connectivity index (χ4v) is 3.45. The number of halogens is 1. The van der Waals surface area contributed by atoms with Crippen molar-refractivity contribution in [2.75, 3.05) is 19.2 Å². The van der Waals surface area contributed by atoms with Crippen LogP contribution < -0.4 is 19.5 Å². The van der Waals surface area contributed by atoms with E-state index in [1.54, 1.807) is 6.07 Å². The summed E-state index contributed by atoms with van der Waals surface area (Å²) in [4.78, 5) is 22.7. The smallest absolute Gasteiger partial charge is 0.414 e. The lowest BCUT2D eigenvalue weighted by atomic mass is 10.1. The Morgan fingerprint density at radius 2 is 1.88 bits per heavy atom. The molecule has 0 saturated carbocycles. The molecule has 0 fully saturated rings. The highest BCUT2D eigenvalue weighted by Gasteiger charge is 2.16. The van der Waals surface area contributed by atoms with Gasteiger partial charge in [0.25, 0.3) is 0 Å². The molecule has 4 N–H and O–H groups in total. The van der Waals surface area contributed by atoms with Gasteiger partial charge in [-0.15, -0.1) is 0 Å². The molecule has 0 aliphatic carbocycles. The van der Waals surface area contributed by atoms with Crippen LogP contribution >= 0.6 is 15.9 Å². The van der Waals surface area contributed by atoms with Crippen LogP contribution in [0.3, 0.4) is 0 Å². The third kappa shape index (κ3) is 5.47. The number of aromatic nitrogens is 2. The van der Waals surface area contributed by atoms with Crippen molar-refractivity contribution in [3.8, 4) is 34.3 Å². The number of imidazole rings is 1. The number of fused-ring (bicyclic) bond motifs is 1. The van der Waals surface area contributed by atoms with Gasteiger partial charge in [-0.25, -0.2) is 14.6 Å². The molecule has 1 aliphatic rings. The third-order valence-electron chi connectivity index (χ3n) is 4.60. The molecule has 0 unspecified atom stereocenters. The van der Waals surface area contributed by atoms with Crippen LogP contribution in [-0.2, 0) is 23.2 Å². The number of benzene rings is 2. The lowest BCUT2D eigenvalue weighted by Crippen LogP contribution is -2.09. The number of carboxylic acid groups (broad SMARTS) is 2. The van der Waals surface area contributed by atoms with Crippen LogP contribution in [0.2, 0.25) is 0 Å². The molecule has 33 heavy (non-hydrogen) atoms. The Hall–Kier alpha value is -3.93. The normalized spacial score (nSPS) is 11.4. The maximum absolute atomic E-state index is 9.92. The molecule has 4 rings (SSSR count). The average molecular weight is 522 g/mol. The van der Waals surface area contributed by atoms with Gasteiger partial charge in [0.15, 0.2) is 23.0 Å². The van der Waals surface area contributed by atoms with Crippen LogP contribution in [0.25, 0.3) is 11.3 Å². The number of anilines is 1. The summed E-state index contributed by atoms with van der Waals surface area (Å²) < 4.78 is 18.6. The van der Waals surface area contributed by atoms with Crippen LogP contribution in [0.5, 0.6) is 23.0 Å². The second-order valence-electron chi connectivity index (χ2n) is 6.69. The van der Waals surface area contributed by atoms with Gasteiger partial charge in [-0.3, -0.25) is 0 Å². The molecule has 0 bridgehead atoms. The molecular weight excluding hydrogens is 502 g/mol. The van der Waals surface area contributed by atoms with Crippen molar-refractivity contribution in [1.82, 2.24) is 9.55 Å². The second kappa shape index (κ2) is 10.1. The minimum absolute atomic E-state index is 0.0864. The van der Waals surface area contributed by atoms with E-state index in [-0.39, 0.29) is 12.5 Å². The first-order valence-electron chi connectivity index (χ1n) is 9.38. The molecule has 12 heteroatoms. The molecule has 0 radical (unpaired) electrons. The van der Waals surface area contributed by atoms with Gasteiger partial charge in [0.2, 0.25) is 12.7 Å². The Morgan fingerprint density at radius 3 is 2.55 bits per heavy atom. The van der Waals surface area contributed by atoms with E-state index in [0.717, 1.165) is 34.3 Å². The van der Waals surface area contributed by atoms with Gasteiger partial charge in [0.05, 0.1) is 23.5 Å². The van der Waals surface area contributed by atoms with E-state index in [1.807, 2.05) is 42.1 Å². The highest BCUT2D eigenvalue weighted by Crippen LogP contribution is 2.37. The van der Waals surface area contributed by atoms with Crippen molar-refractivity contribution in [1.29, 1.82) is 0 Å². The number of hydrogen-bond acceptors (Lipinski definition) is 8. The molecule has 0 amide bonds. The van der Waals surface area contributed by atoms with Gasteiger partial charge in [-0.05, 0) is 51.8 Å². The molecule has 174 valence electrons. The van der Waals surface area contributed by atoms with Crippen molar-refractivity contribution >= 4 is 33.8 Å². The fraction of sp³-hybridized carbons (Fsp3) is 0.190. The van der Waals surface area contributed by atoms with E-state index in [2.05, 4.69) is 26.2 Å². The molecule has 2 heterocycles. The fourth-order valence-electron chi connectivity index (χ4n) is 2.96. The number of phenolic OH excluding ortho intramolecular Hbond substituents is 1. The second-order valence-corrected chi connectivity index (χ2v) is 7.54. The number of aromatic hydroxyl groups is 1. The molecule has 3 aromatic rings. The highest BCUT2D eigenvalue weighted by molar-refractivity contribution is 9.10. The predicted octanol–water partition coefficient (Wildman–Crippen LogP) is 3.06. The van der Waals surface area contributed by atoms with Gasteiger partial charge in [-0.2, -0.15) is 0 Å². The molecular formula is C21H20BrN3O8. The van der Waals surface area contributed by atoms with Crippen molar-refractivity contribution in [2.45, 2.75) is 6.54 Å². The Balaban J connectivity index is 0.000000454. The number of methoxy groups -OCH3 is 1. The Bertz CT molecular complexity index is 1180. The van der Waals surface area contributed by atoms with Crippen LogP contribution in [0, 0.1) is 0 Å². The first-order valence-corrected chi connectivity index (χ1v) is 10.2. The predicted molar refractivity (Wildman–Crippen MR) is 120 cm³/mol. The standard InChI is InChI=1S/C19H18BrN3O4.C2H2O4/c1-23-14(12-3-4-15-16(7-12)27-10-26-15)9-22-19(23)21-8-11-5-13(20)18(24)17(6-11)25-2;3-1(4)2(5)6/h3-7,9,24H,8,10H2,1-2H3,(H,21,22);(H,3,4)(H,5,6). The lowest BCUT2D eigenvalue weighted by molar-refractivity contribution is -0.159. The molecule has 1 aromatic heterocycles. The van der Waals surface area contributed by atoms with E-state index in [0.29, 0.717) is 16.8 Å². The number of nitrogens with zero attached hydrogens (tertiary/aromatic N) is 2. The number of carboxylic acids is 2. The van der Waals surface area contributed by atoms with Crippen molar-refractivity contribution in [3.05, 3.63) is 46.6 Å². The zero-order valence-corrected chi connectivity index (χ0v) is 19.1. The van der Waals surface area contributed by atoms with E-state index in [9.17, 15) is 5.11 Å². The summed E-state index contributed by atoms with van der Waals surface area (Å²) in [6.07, 6.45) is 1.81. The maximum atomic E-state index is 9.92. The summed E-state index contributed by atoms with van der Waals surface area (Å²) >= 11 is 3.34. The SMILES string of the molecule is COc1cc(CNc2ncc(-c3ccc4c(c3)OCO4)n2C)cc(Br)c1O.O=C(O)C(=O)O. The summed E-state index contributed by atoms with van der Waals surface area (Å²) in [7, 11) is 3.47. The minimum atomic E-state index is -1.82. The van der Waals surface area contributed by atoms with E-state index < -0.39 is 11.9 Å². The lowest BCUT2D eigenvalue weighted by Gasteiger charge is -2.11. The van der Waals surface area contributed by atoms with Gasteiger partial charge in [-0.1, -0.05) is 0 Å². The van der Waals surface area contributed by atoms with Crippen LogP contribution in [0.15, 0.2) is 41.0 Å². The first-order chi connectivity index (χ1) is 15.7. The number of hydrogen-bond donors (Lipinski definition) is 4. The Morgan fingerprint density at radius 1 is 1.18 bits per heavy atom. The summed E-state index contributed by atoms with van der Waals surface area (Å²) in [5.74, 6) is -0.920. The van der Waals surface area contributed by atoms with Crippen LogP contribution in [0.1, 0.15) is 5.56 Å². The zero-order valence-electron chi connectivity index (χ0n) is 17.5. The Labute approximate surface area is 196 Å². The summed E-state index contributed by atoms with van der Waals surface area (Å²) in [5, 5.41) is 28.0. The molecule has 0 saturated heterocycles. The maximum Gasteiger partial charge on any atom is 0.414 e. The topological polar surface area (TPSA) is 152 Å². The molecule has 0 spiro atoms.